The van der Waals surface area contributed by atoms with E-state index in [0.29, 0.717) is 0 Å². The topological polar surface area (TPSA) is 8.17 Å². The summed E-state index contributed by atoms with van der Waals surface area (Å²) in [5.41, 5.74) is 20.0. The summed E-state index contributed by atoms with van der Waals surface area (Å²) in [5, 5.41) is 2.43. The minimum Gasteiger partial charge on any atom is -0.309 e. The van der Waals surface area contributed by atoms with Crippen LogP contribution in [0.1, 0.15) is 44.5 Å². The van der Waals surface area contributed by atoms with Gasteiger partial charge >= 0.3 is 0 Å². The van der Waals surface area contributed by atoms with E-state index in [0.717, 1.165) is 17.1 Å². The SMILES string of the molecule is c1ccc(-c2ccc3c(c2)C(c2ccccc2)(c2ccccc2)c2cc4c5ccccc5n(-c5ccccc5)c4c4c2N3c2ccc(-c3ccccc3)cc2C4(c2ccccc2)c2ccccc2)cc1. The van der Waals surface area contributed by atoms with Gasteiger partial charge in [-0.3, -0.25) is 0 Å². The molecule has 0 spiro atoms. The predicted octanol–water partition coefficient (Wildman–Crippen LogP) is 17.0. The number of anilines is 3. The van der Waals surface area contributed by atoms with Crippen LogP contribution in [-0.2, 0) is 10.8 Å². The van der Waals surface area contributed by atoms with Crippen LogP contribution in [0.3, 0.4) is 0 Å². The molecule has 2 nitrogen and oxygen atoms in total. The average Bonchev–Trinajstić information content (AvgIpc) is 3.78. The van der Waals surface area contributed by atoms with Crippen molar-refractivity contribution in [2.45, 2.75) is 10.8 Å². The van der Waals surface area contributed by atoms with Crippen LogP contribution in [0, 0.1) is 0 Å². The Labute approximate surface area is 408 Å². The molecule has 0 saturated heterocycles. The Morgan fingerprint density at radius 2 is 0.686 bits per heavy atom. The molecule has 0 fully saturated rings. The van der Waals surface area contributed by atoms with Crippen LogP contribution in [0.5, 0.6) is 0 Å². The number of benzene rings is 11. The first-order valence-corrected chi connectivity index (χ1v) is 24.3. The summed E-state index contributed by atoms with van der Waals surface area (Å²) in [6.07, 6.45) is 0. The highest BCUT2D eigenvalue weighted by Gasteiger charge is 2.55. The number of hydrogen-bond donors (Lipinski definition) is 0. The molecule has 12 aromatic rings. The molecule has 2 aliphatic rings. The molecule has 2 heteroatoms. The number of aromatic nitrogens is 1. The van der Waals surface area contributed by atoms with Crippen LogP contribution in [0.25, 0.3) is 49.7 Å². The van der Waals surface area contributed by atoms with Gasteiger partial charge in [-0.25, -0.2) is 0 Å². The van der Waals surface area contributed by atoms with E-state index in [1.165, 1.54) is 94.3 Å². The highest BCUT2D eigenvalue weighted by atomic mass is 15.2. The van der Waals surface area contributed by atoms with E-state index in [1.54, 1.807) is 0 Å². The molecule has 1 aromatic heterocycles. The molecule has 0 unspecified atom stereocenters. The van der Waals surface area contributed by atoms with Crippen LogP contribution in [0.4, 0.5) is 17.1 Å². The third kappa shape index (κ3) is 5.62. The van der Waals surface area contributed by atoms with Gasteiger partial charge in [-0.15, -0.1) is 0 Å². The average molecular weight is 891 g/mol. The molecule has 0 bridgehead atoms. The Kier molecular flexibility index (Phi) is 9.06. The minimum atomic E-state index is -0.829. The van der Waals surface area contributed by atoms with E-state index in [9.17, 15) is 0 Å². The van der Waals surface area contributed by atoms with Gasteiger partial charge < -0.3 is 9.47 Å². The lowest BCUT2D eigenvalue weighted by molar-refractivity contribution is 0.694. The summed E-state index contributed by atoms with van der Waals surface area (Å²) in [6, 6.07) is 104. The van der Waals surface area contributed by atoms with Crippen LogP contribution >= 0.6 is 0 Å². The van der Waals surface area contributed by atoms with Crippen molar-refractivity contribution in [1.29, 1.82) is 0 Å². The molecule has 0 aliphatic carbocycles. The molecule has 3 heterocycles. The summed E-state index contributed by atoms with van der Waals surface area (Å²) in [7, 11) is 0. The molecule has 0 saturated carbocycles. The Balaban J connectivity index is 1.29. The first-order valence-electron chi connectivity index (χ1n) is 24.3. The molecule has 0 atom stereocenters. The summed E-state index contributed by atoms with van der Waals surface area (Å²) in [5.74, 6) is 0. The van der Waals surface area contributed by atoms with E-state index >= 15 is 0 Å². The van der Waals surface area contributed by atoms with Gasteiger partial charge in [-0.1, -0.05) is 231 Å². The molecule has 328 valence electrons. The van der Waals surface area contributed by atoms with E-state index in [2.05, 4.69) is 289 Å². The number of nitrogens with zero attached hydrogens (tertiary/aromatic N) is 2. The standard InChI is InChI=1S/C68H46N2/c1-8-24-47(25-9-1)49-40-42-62-58(44-49)67(51-28-12-3-13-29-51,52-30-14-4-15-31-52)60-46-57-56-38-22-23-39-61(56)69(55-36-20-7-21-37-55)65(57)64-66(60)70(62)63-43-41-50(48-26-10-2-11-27-48)45-59(63)68(64,53-32-16-5-17-33-53)54-34-18-6-19-35-54/h1-46H. The van der Waals surface area contributed by atoms with Gasteiger partial charge in [0.05, 0.1) is 38.9 Å². The highest BCUT2D eigenvalue weighted by molar-refractivity contribution is 6.16. The molecular formula is C68H46N2. The van der Waals surface area contributed by atoms with Gasteiger partial charge in [-0.2, -0.15) is 0 Å². The molecule has 0 radical (unpaired) electrons. The number of rotatable bonds is 7. The number of fused-ring (bicyclic) bond motifs is 8. The van der Waals surface area contributed by atoms with E-state index < -0.39 is 10.8 Å². The largest absolute Gasteiger partial charge is 0.309 e. The van der Waals surface area contributed by atoms with Gasteiger partial charge in [0.25, 0.3) is 0 Å². The Morgan fingerprint density at radius 3 is 1.17 bits per heavy atom. The quantitative estimate of drug-likeness (QED) is 0.155. The zero-order valence-electron chi connectivity index (χ0n) is 38.5. The fourth-order valence-corrected chi connectivity index (χ4v) is 12.5. The zero-order chi connectivity index (χ0) is 46.2. The summed E-state index contributed by atoms with van der Waals surface area (Å²) < 4.78 is 2.56. The van der Waals surface area contributed by atoms with Crippen LogP contribution < -0.4 is 4.90 Å². The summed E-state index contributed by atoms with van der Waals surface area (Å²) >= 11 is 0. The van der Waals surface area contributed by atoms with Crippen molar-refractivity contribution in [3.8, 4) is 27.9 Å². The van der Waals surface area contributed by atoms with Crippen molar-refractivity contribution in [1.82, 2.24) is 4.57 Å². The van der Waals surface area contributed by atoms with Gasteiger partial charge in [0, 0.05) is 22.0 Å². The second-order valence-electron chi connectivity index (χ2n) is 18.7. The van der Waals surface area contributed by atoms with Crippen molar-refractivity contribution in [3.05, 3.63) is 324 Å². The lowest BCUT2D eigenvalue weighted by Gasteiger charge is -2.53. The first-order chi connectivity index (χ1) is 34.8. The maximum atomic E-state index is 2.65. The Morgan fingerprint density at radius 1 is 0.286 bits per heavy atom. The fourth-order valence-electron chi connectivity index (χ4n) is 12.5. The summed E-state index contributed by atoms with van der Waals surface area (Å²) in [4.78, 5) is 2.65. The van der Waals surface area contributed by atoms with Gasteiger partial charge in [-0.05, 0) is 110 Å². The number of hydrogen-bond acceptors (Lipinski definition) is 1. The fraction of sp³-hybridized carbons (Fsp3) is 0.0294. The third-order valence-corrected chi connectivity index (χ3v) is 15.3. The van der Waals surface area contributed by atoms with E-state index in [-0.39, 0.29) is 0 Å². The maximum Gasteiger partial charge on any atom is 0.0763 e. The molecule has 0 N–H and O–H groups in total. The van der Waals surface area contributed by atoms with Crippen LogP contribution in [-0.4, -0.2) is 4.57 Å². The van der Waals surface area contributed by atoms with Gasteiger partial charge in [0.1, 0.15) is 0 Å². The zero-order valence-corrected chi connectivity index (χ0v) is 38.5. The van der Waals surface area contributed by atoms with Crippen molar-refractivity contribution >= 4 is 38.9 Å². The van der Waals surface area contributed by atoms with Crippen molar-refractivity contribution in [2.24, 2.45) is 0 Å². The normalized spacial score (nSPS) is 13.9. The smallest absolute Gasteiger partial charge is 0.0763 e. The Hall–Kier alpha value is -8.98. The highest BCUT2D eigenvalue weighted by Crippen LogP contribution is 2.68. The van der Waals surface area contributed by atoms with E-state index in [1.807, 2.05) is 0 Å². The molecule has 0 amide bonds. The molecule has 70 heavy (non-hydrogen) atoms. The lowest BCUT2D eigenvalue weighted by Crippen LogP contribution is -2.44. The Bertz CT molecular complexity index is 3810. The lowest BCUT2D eigenvalue weighted by atomic mass is 9.56. The second-order valence-corrected chi connectivity index (χ2v) is 18.7. The van der Waals surface area contributed by atoms with Crippen molar-refractivity contribution in [3.63, 3.8) is 0 Å². The predicted molar refractivity (Wildman–Crippen MR) is 290 cm³/mol. The molecular weight excluding hydrogens is 845 g/mol. The van der Waals surface area contributed by atoms with Crippen molar-refractivity contribution < 1.29 is 0 Å². The summed E-state index contributed by atoms with van der Waals surface area (Å²) in [6.45, 7) is 0. The molecule has 11 aromatic carbocycles. The van der Waals surface area contributed by atoms with Crippen molar-refractivity contribution in [2.75, 3.05) is 4.90 Å². The third-order valence-electron chi connectivity index (χ3n) is 15.3. The second kappa shape index (κ2) is 15.8. The molecule has 2 aliphatic heterocycles. The van der Waals surface area contributed by atoms with Gasteiger partial charge in [0.15, 0.2) is 0 Å². The monoisotopic (exact) mass is 890 g/mol. The van der Waals surface area contributed by atoms with Crippen LogP contribution in [0.2, 0.25) is 0 Å². The van der Waals surface area contributed by atoms with Gasteiger partial charge in [0.2, 0.25) is 0 Å². The molecule has 14 rings (SSSR count). The number of para-hydroxylation sites is 2. The first kappa shape index (κ1) is 40.1. The van der Waals surface area contributed by atoms with E-state index in [4.69, 9.17) is 0 Å². The maximum absolute atomic E-state index is 2.65. The van der Waals surface area contributed by atoms with Crippen LogP contribution in [0.15, 0.2) is 279 Å². The minimum absolute atomic E-state index is 0.770.